The topological polar surface area (TPSA) is 72.7 Å². The fraction of sp³-hybridized carbons (Fsp3) is 0.192. The fourth-order valence-corrected chi connectivity index (χ4v) is 5.03. The van der Waals surface area contributed by atoms with E-state index in [9.17, 15) is 14.9 Å². The number of ketones is 1. The number of hydrogen-bond donors (Lipinski definition) is 0. The molecule has 4 atom stereocenters. The zero-order valence-electron chi connectivity index (χ0n) is 17.5. The second-order valence-electron chi connectivity index (χ2n) is 8.07. The molecule has 0 bridgehead atoms. The van der Waals surface area contributed by atoms with Gasteiger partial charge in [0.2, 0.25) is 6.04 Å². The summed E-state index contributed by atoms with van der Waals surface area (Å²) in [6, 6.07) is 21.9. The molecule has 6 nitrogen and oxygen atoms in total. The number of carbonyl (C=O) groups is 1. The smallest absolute Gasteiger partial charge is 0.245 e. The molecule has 0 amide bonds. The van der Waals surface area contributed by atoms with E-state index in [0.717, 1.165) is 16.8 Å². The average Bonchev–Trinajstić information content (AvgIpc) is 3.20. The first-order valence-corrected chi connectivity index (χ1v) is 10.5. The van der Waals surface area contributed by atoms with Gasteiger partial charge >= 0.3 is 0 Å². The Bertz CT molecular complexity index is 1190. The van der Waals surface area contributed by atoms with E-state index >= 15 is 0 Å². The number of Topliss-reactive ketones (excluding diaryl/α,β-unsaturated/α-hetero) is 1. The number of rotatable bonds is 5. The fourth-order valence-electron chi connectivity index (χ4n) is 5.03. The molecule has 3 aromatic carbocycles. The molecule has 0 unspecified atom stereocenters. The van der Waals surface area contributed by atoms with Crippen molar-refractivity contribution in [3.63, 3.8) is 0 Å². The molecule has 1 fully saturated rings. The van der Waals surface area contributed by atoms with Gasteiger partial charge in [0.05, 0.1) is 13.0 Å². The lowest BCUT2D eigenvalue weighted by atomic mass is 9.84. The number of methoxy groups -OCH3 is 1. The molecule has 0 spiro atoms. The SMILES string of the molecule is COc1ccc(C(=O)[C@H]2[C@H](c3ccccc3)[C@@H]([N+](=O)[O-])[C@@H]3C=Cc4ccccc4N32)cc1. The third kappa shape index (κ3) is 3.15. The molecule has 0 saturated carbocycles. The van der Waals surface area contributed by atoms with E-state index in [1.807, 2.05) is 71.6 Å². The van der Waals surface area contributed by atoms with Crippen LogP contribution in [0.25, 0.3) is 6.08 Å². The summed E-state index contributed by atoms with van der Waals surface area (Å²) in [6.45, 7) is 0. The normalized spacial score (nSPS) is 23.3. The first-order valence-electron chi connectivity index (χ1n) is 10.5. The van der Waals surface area contributed by atoms with Crippen LogP contribution in [0.15, 0.2) is 84.9 Å². The minimum atomic E-state index is -0.950. The molecule has 0 radical (unpaired) electrons. The van der Waals surface area contributed by atoms with Crippen LogP contribution in [0.3, 0.4) is 0 Å². The minimum absolute atomic E-state index is 0.138. The van der Waals surface area contributed by atoms with Crippen LogP contribution in [0.1, 0.15) is 27.4 Å². The number of nitro groups is 1. The van der Waals surface area contributed by atoms with Crippen LogP contribution in [0, 0.1) is 10.1 Å². The summed E-state index contributed by atoms with van der Waals surface area (Å²) >= 11 is 0. The first kappa shape index (κ1) is 20.0. The van der Waals surface area contributed by atoms with Crippen molar-refractivity contribution >= 4 is 17.5 Å². The van der Waals surface area contributed by atoms with Gasteiger partial charge in [0.1, 0.15) is 17.8 Å². The lowest BCUT2D eigenvalue weighted by Crippen LogP contribution is -2.44. The molecular weight excluding hydrogens is 404 g/mol. The van der Waals surface area contributed by atoms with Crippen LogP contribution in [-0.4, -0.2) is 35.9 Å². The van der Waals surface area contributed by atoms with Gasteiger partial charge in [-0.2, -0.15) is 0 Å². The second kappa shape index (κ2) is 7.96. The number of para-hydroxylation sites is 1. The van der Waals surface area contributed by atoms with Gasteiger partial charge in [-0.3, -0.25) is 14.9 Å². The van der Waals surface area contributed by atoms with E-state index in [2.05, 4.69) is 0 Å². The Morgan fingerprint density at radius 2 is 1.66 bits per heavy atom. The summed E-state index contributed by atoms with van der Waals surface area (Å²) in [4.78, 5) is 28.0. The molecule has 1 saturated heterocycles. The van der Waals surface area contributed by atoms with Crippen molar-refractivity contribution in [1.82, 2.24) is 0 Å². The Balaban J connectivity index is 1.69. The van der Waals surface area contributed by atoms with Gasteiger partial charge in [-0.1, -0.05) is 60.7 Å². The third-order valence-corrected chi connectivity index (χ3v) is 6.44. The summed E-state index contributed by atoms with van der Waals surface area (Å²) in [6.07, 6.45) is 3.79. The highest BCUT2D eigenvalue weighted by Crippen LogP contribution is 2.46. The lowest BCUT2D eigenvalue weighted by molar-refractivity contribution is -0.524. The molecule has 32 heavy (non-hydrogen) atoms. The van der Waals surface area contributed by atoms with E-state index in [4.69, 9.17) is 4.74 Å². The highest BCUT2D eigenvalue weighted by atomic mass is 16.6. The second-order valence-corrected chi connectivity index (χ2v) is 8.07. The van der Waals surface area contributed by atoms with Gasteiger partial charge in [0, 0.05) is 16.2 Å². The molecule has 2 aliphatic heterocycles. The number of anilines is 1. The monoisotopic (exact) mass is 426 g/mol. The predicted octanol–water partition coefficient (Wildman–Crippen LogP) is 4.59. The summed E-state index contributed by atoms with van der Waals surface area (Å²) in [5.74, 6) is -0.0811. The van der Waals surface area contributed by atoms with Gasteiger partial charge < -0.3 is 9.64 Å². The number of fused-ring (bicyclic) bond motifs is 3. The van der Waals surface area contributed by atoms with E-state index in [1.165, 1.54) is 0 Å². The Morgan fingerprint density at radius 1 is 0.969 bits per heavy atom. The lowest BCUT2D eigenvalue weighted by Gasteiger charge is -2.34. The summed E-state index contributed by atoms with van der Waals surface area (Å²) < 4.78 is 5.23. The number of nitrogens with zero attached hydrogens (tertiary/aromatic N) is 2. The predicted molar refractivity (Wildman–Crippen MR) is 123 cm³/mol. The quantitative estimate of drug-likeness (QED) is 0.339. The Labute approximate surface area is 185 Å². The zero-order chi connectivity index (χ0) is 22.2. The van der Waals surface area contributed by atoms with Gasteiger partial charge in [-0.15, -0.1) is 0 Å². The highest BCUT2D eigenvalue weighted by molar-refractivity contribution is 6.04. The van der Waals surface area contributed by atoms with E-state index < -0.39 is 24.0 Å². The van der Waals surface area contributed by atoms with Crippen molar-refractivity contribution in [2.45, 2.75) is 24.0 Å². The van der Waals surface area contributed by atoms with E-state index in [1.54, 1.807) is 31.4 Å². The summed E-state index contributed by atoms with van der Waals surface area (Å²) in [7, 11) is 1.57. The van der Waals surface area contributed by atoms with Crippen molar-refractivity contribution in [3.8, 4) is 5.75 Å². The third-order valence-electron chi connectivity index (χ3n) is 6.44. The molecule has 0 aromatic heterocycles. The number of ether oxygens (including phenoxy) is 1. The maximum atomic E-state index is 13.9. The van der Waals surface area contributed by atoms with Gasteiger partial charge in [-0.05, 0) is 41.5 Å². The maximum Gasteiger partial charge on any atom is 0.245 e. The Kier molecular flexibility index (Phi) is 4.98. The Morgan fingerprint density at radius 3 is 2.34 bits per heavy atom. The number of carbonyl (C=O) groups excluding carboxylic acids is 1. The molecule has 0 aliphatic carbocycles. The molecule has 5 rings (SSSR count). The van der Waals surface area contributed by atoms with Crippen molar-refractivity contribution in [2.24, 2.45) is 0 Å². The maximum absolute atomic E-state index is 13.9. The molecular formula is C26H22N2O4. The van der Waals surface area contributed by atoms with Crippen molar-refractivity contribution < 1.29 is 14.5 Å². The van der Waals surface area contributed by atoms with Gasteiger partial charge in [0.15, 0.2) is 5.78 Å². The average molecular weight is 426 g/mol. The minimum Gasteiger partial charge on any atom is -0.497 e. The molecule has 2 heterocycles. The first-order chi connectivity index (χ1) is 15.6. The molecule has 160 valence electrons. The van der Waals surface area contributed by atoms with Gasteiger partial charge in [-0.25, -0.2) is 0 Å². The summed E-state index contributed by atoms with van der Waals surface area (Å²) in [5, 5.41) is 12.4. The van der Waals surface area contributed by atoms with Crippen LogP contribution < -0.4 is 9.64 Å². The van der Waals surface area contributed by atoms with Crippen molar-refractivity contribution in [3.05, 3.63) is 112 Å². The van der Waals surface area contributed by atoms with Crippen LogP contribution in [0.2, 0.25) is 0 Å². The van der Waals surface area contributed by atoms with E-state index in [0.29, 0.717) is 11.3 Å². The summed E-state index contributed by atoms with van der Waals surface area (Å²) in [5.41, 5.74) is 3.09. The van der Waals surface area contributed by atoms with E-state index in [-0.39, 0.29) is 10.7 Å². The molecule has 2 aliphatic rings. The zero-order valence-corrected chi connectivity index (χ0v) is 17.5. The van der Waals surface area contributed by atoms with Crippen LogP contribution >= 0.6 is 0 Å². The standard InChI is InChI=1S/C26H22N2O4/c1-32-20-14-11-19(12-15-20)26(29)25-23(18-8-3-2-4-9-18)24(28(30)31)22-16-13-17-7-5-6-10-21(17)27(22)25/h2-16,22-25H,1H3/t22-,23+,24-,25+/m0/s1. The molecule has 0 N–H and O–H groups in total. The van der Waals surface area contributed by atoms with Crippen LogP contribution in [0.4, 0.5) is 5.69 Å². The highest BCUT2D eigenvalue weighted by Gasteiger charge is 2.58. The van der Waals surface area contributed by atoms with Crippen LogP contribution in [-0.2, 0) is 0 Å². The van der Waals surface area contributed by atoms with Crippen molar-refractivity contribution in [2.75, 3.05) is 12.0 Å². The number of hydrogen-bond acceptors (Lipinski definition) is 5. The van der Waals surface area contributed by atoms with Crippen LogP contribution in [0.5, 0.6) is 5.75 Å². The van der Waals surface area contributed by atoms with Crippen molar-refractivity contribution in [1.29, 1.82) is 0 Å². The molecule has 6 heteroatoms. The molecule has 3 aromatic rings. The number of benzene rings is 3. The Hall–Kier alpha value is -3.93. The largest absolute Gasteiger partial charge is 0.497 e. The van der Waals surface area contributed by atoms with Gasteiger partial charge in [0.25, 0.3) is 0 Å².